The zero-order valence-corrected chi connectivity index (χ0v) is 11.3. The molecule has 0 amide bonds. The molecule has 0 aliphatic rings. The number of nitrogens with zero attached hydrogens (tertiary/aromatic N) is 2. The summed E-state index contributed by atoms with van der Waals surface area (Å²) >= 11 is 5.39. The molecule has 2 heterocycles. The van der Waals surface area contributed by atoms with Crippen LogP contribution in [0.5, 0.6) is 0 Å². The lowest BCUT2D eigenvalue weighted by molar-refractivity contribution is 0.995. The number of pyridine rings is 1. The molecule has 0 atom stereocenters. The van der Waals surface area contributed by atoms with Gasteiger partial charge in [0, 0.05) is 18.0 Å². The number of nitrogens with one attached hydrogen (secondary N) is 1. The van der Waals surface area contributed by atoms with E-state index in [1.54, 1.807) is 6.20 Å². The normalized spacial score (nSPS) is 10.6. The van der Waals surface area contributed by atoms with Crippen LogP contribution in [0.4, 0.5) is 0 Å². The Morgan fingerprint density at radius 1 is 1.11 bits per heavy atom. The van der Waals surface area contributed by atoms with Gasteiger partial charge in [-0.2, -0.15) is 0 Å². The van der Waals surface area contributed by atoms with Gasteiger partial charge in [-0.05, 0) is 31.3 Å². The summed E-state index contributed by atoms with van der Waals surface area (Å²) in [5, 5.41) is 0. The average Bonchev–Trinajstić information content (AvgIpc) is 2.82. The molecule has 0 saturated heterocycles. The van der Waals surface area contributed by atoms with Gasteiger partial charge in [-0.1, -0.05) is 30.3 Å². The van der Waals surface area contributed by atoms with E-state index in [0.29, 0.717) is 4.77 Å². The molecule has 3 aromatic rings. The van der Waals surface area contributed by atoms with E-state index in [1.165, 1.54) is 0 Å². The van der Waals surface area contributed by atoms with Crippen LogP contribution in [-0.4, -0.2) is 14.5 Å². The predicted molar refractivity (Wildman–Crippen MR) is 78.9 cm³/mol. The van der Waals surface area contributed by atoms with E-state index in [4.69, 9.17) is 12.2 Å². The van der Waals surface area contributed by atoms with E-state index in [-0.39, 0.29) is 0 Å². The molecule has 1 N–H and O–H groups in total. The highest BCUT2D eigenvalue weighted by atomic mass is 32.1. The molecular weight excluding hydrogens is 254 g/mol. The van der Waals surface area contributed by atoms with Crippen molar-refractivity contribution in [2.75, 3.05) is 0 Å². The fourth-order valence-corrected chi connectivity index (χ4v) is 2.40. The Morgan fingerprint density at radius 3 is 2.63 bits per heavy atom. The van der Waals surface area contributed by atoms with Gasteiger partial charge in [-0.15, -0.1) is 0 Å². The SMILES string of the molecule is Cc1ncccc1-n1c(-c2ccccc2)c[nH]c1=S. The molecule has 0 bridgehead atoms. The molecule has 94 valence electrons. The molecule has 0 radical (unpaired) electrons. The van der Waals surface area contributed by atoms with E-state index in [9.17, 15) is 0 Å². The van der Waals surface area contributed by atoms with Gasteiger partial charge in [0.1, 0.15) is 0 Å². The first kappa shape index (κ1) is 11.9. The fourth-order valence-electron chi connectivity index (χ4n) is 2.14. The number of benzene rings is 1. The summed E-state index contributed by atoms with van der Waals surface area (Å²) in [6.07, 6.45) is 3.72. The molecule has 2 aromatic heterocycles. The van der Waals surface area contributed by atoms with Crippen LogP contribution in [0.15, 0.2) is 54.9 Å². The Morgan fingerprint density at radius 2 is 1.89 bits per heavy atom. The topological polar surface area (TPSA) is 33.6 Å². The number of aromatic nitrogens is 3. The van der Waals surface area contributed by atoms with Gasteiger partial charge in [-0.3, -0.25) is 9.55 Å². The first-order valence-corrected chi connectivity index (χ1v) is 6.46. The standard InChI is InChI=1S/C15H13N3S/c1-11-13(8-5-9-16-11)18-14(10-17-15(18)19)12-6-3-2-4-7-12/h2-10H,1H3,(H,17,19). The van der Waals surface area contributed by atoms with Gasteiger partial charge in [0.2, 0.25) is 0 Å². The Bertz CT molecular complexity index is 756. The molecule has 4 heteroatoms. The highest BCUT2D eigenvalue weighted by Crippen LogP contribution is 2.24. The molecule has 0 spiro atoms. The molecule has 0 saturated carbocycles. The monoisotopic (exact) mass is 267 g/mol. The van der Waals surface area contributed by atoms with Crippen molar-refractivity contribution in [1.82, 2.24) is 14.5 Å². The molecule has 1 aromatic carbocycles. The second-order valence-electron chi connectivity index (χ2n) is 4.29. The van der Waals surface area contributed by atoms with Crippen molar-refractivity contribution >= 4 is 12.2 Å². The Kier molecular flexibility index (Phi) is 3.01. The van der Waals surface area contributed by atoms with Crippen LogP contribution in [0.1, 0.15) is 5.69 Å². The molecule has 0 unspecified atom stereocenters. The summed E-state index contributed by atoms with van der Waals surface area (Å²) in [4.78, 5) is 7.44. The minimum absolute atomic E-state index is 0.676. The van der Waals surface area contributed by atoms with E-state index in [0.717, 1.165) is 22.6 Å². The third-order valence-electron chi connectivity index (χ3n) is 3.07. The van der Waals surface area contributed by atoms with Gasteiger partial charge in [-0.25, -0.2) is 0 Å². The van der Waals surface area contributed by atoms with Crippen molar-refractivity contribution in [3.63, 3.8) is 0 Å². The summed E-state index contributed by atoms with van der Waals surface area (Å²) < 4.78 is 2.70. The van der Waals surface area contributed by atoms with Crippen LogP contribution < -0.4 is 0 Å². The Balaban J connectivity index is 2.26. The number of rotatable bonds is 2. The molecule has 3 nitrogen and oxygen atoms in total. The zero-order valence-electron chi connectivity index (χ0n) is 10.5. The lowest BCUT2D eigenvalue weighted by Gasteiger charge is -2.10. The van der Waals surface area contributed by atoms with Crippen LogP contribution >= 0.6 is 12.2 Å². The van der Waals surface area contributed by atoms with Gasteiger partial charge < -0.3 is 4.98 Å². The van der Waals surface area contributed by atoms with Crippen LogP contribution in [-0.2, 0) is 0 Å². The quantitative estimate of drug-likeness (QED) is 0.714. The van der Waals surface area contributed by atoms with Gasteiger partial charge in [0.25, 0.3) is 0 Å². The second-order valence-corrected chi connectivity index (χ2v) is 4.68. The highest BCUT2D eigenvalue weighted by molar-refractivity contribution is 7.71. The van der Waals surface area contributed by atoms with Gasteiger partial charge in [0.15, 0.2) is 4.77 Å². The summed E-state index contributed by atoms with van der Waals surface area (Å²) in [5.74, 6) is 0. The highest BCUT2D eigenvalue weighted by Gasteiger charge is 2.10. The average molecular weight is 267 g/mol. The van der Waals surface area contributed by atoms with Crippen LogP contribution in [0.25, 0.3) is 16.9 Å². The van der Waals surface area contributed by atoms with E-state index < -0.39 is 0 Å². The first-order valence-electron chi connectivity index (χ1n) is 6.05. The van der Waals surface area contributed by atoms with E-state index in [2.05, 4.69) is 22.1 Å². The molecule has 0 fully saturated rings. The smallest absolute Gasteiger partial charge is 0.182 e. The molecule has 0 aliphatic heterocycles. The summed E-state index contributed by atoms with van der Waals surface area (Å²) in [6.45, 7) is 1.98. The molecule has 0 aliphatic carbocycles. The van der Waals surface area contributed by atoms with Crippen molar-refractivity contribution in [2.24, 2.45) is 0 Å². The van der Waals surface area contributed by atoms with Crippen molar-refractivity contribution in [1.29, 1.82) is 0 Å². The molecular formula is C15H13N3S. The van der Waals surface area contributed by atoms with Crippen molar-refractivity contribution in [3.8, 4) is 16.9 Å². The molecule has 3 rings (SSSR count). The lowest BCUT2D eigenvalue weighted by Crippen LogP contribution is -2.00. The number of H-pyrrole nitrogens is 1. The van der Waals surface area contributed by atoms with Gasteiger partial charge in [0.05, 0.1) is 17.1 Å². The number of hydrogen-bond donors (Lipinski definition) is 1. The minimum Gasteiger partial charge on any atom is -0.336 e. The van der Waals surface area contributed by atoms with Crippen molar-refractivity contribution in [2.45, 2.75) is 6.92 Å². The third kappa shape index (κ3) is 2.11. The van der Waals surface area contributed by atoms with Crippen molar-refractivity contribution in [3.05, 3.63) is 65.3 Å². The summed E-state index contributed by atoms with van der Waals surface area (Å²) in [6, 6.07) is 14.1. The minimum atomic E-state index is 0.676. The fraction of sp³-hybridized carbons (Fsp3) is 0.0667. The third-order valence-corrected chi connectivity index (χ3v) is 3.37. The van der Waals surface area contributed by atoms with Crippen LogP contribution in [0.3, 0.4) is 0 Å². The Hall–Kier alpha value is -2.20. The van der Waals surface area contributed by atoms with Crippen LogP contribution in [0, 0.1) is 11.7 Å². The molecule has 19 heavy (non-hydrogen) atoms. The predicted octanol–water partition coefficient (Wildman–Crippen LogP) is 3.91. The maximum Gasteiger partial charge on any atom is 0.182 e. The second kappa shape index (κ2) is 4.82. The van der Waals surface area contributed by atoms with Crippen molar-refractivity contribution < 1.29 is 0 Å². The number of aryl methyl sites for hydroxylation is 1. The summed E-state index contributed by atoms with van der Waals surface area (Å²) in [5.41, 5.74) is 4.13. The number of hydrogen-bond acceptors (Lipinski definition) is 2. The van der Waals surface area contributed by atoms with E-state index in [1.807, 2.05) is 48.0 Å². The summed E-state index contributed by atoms with van der Waals surface area (Å²) in [7, 11) is 0. The maximum atomic E-state index is 5.39. The maximum absolute atomic E-state index is 5.39. The van der Waals surface area contributed by atoms with Gasteiger partial charge >= 0.3 is 0 Å². The number of imidazole rings is 1. The largest absolute Gasteiger partial charge is 0.336 e. The lowest BCUT2D eigenvalue weighted by atomic mass is 10.1. The first-order chi connectivity index (χ1) is 9.27. The Labute approximate surface area is 116 Å². The van der Waals surface area contributed by atoms with E-state index >= 15 is 0 Å². The van der Waals surface area contributed by atoms with Crippen LogP contribution in [0.2, 0.25) is 0 Å². The zero-order chi connectivity index (χ0) is 13.2. The number of aromatic amines is 1.